The van der Waals surface area contributed by atoms with Crippen molar-refractivity contribution in [1.29, 1.82) is 0 Å². The smallest absolute Gasteiger partial charge is 0.0551 e. The molecule has 2 aromatic carbocycles. The minimum Gasteiger partial charge on any atom is -0.320 e. The van der Waals surface area contributed by atoms with E-state index < -0.39 is 0 Å². The van der Waals surface area contributed by atoms with E-state index in [1.54, 1.807) is 11.8 Å². The van der Waals surface area contributed by atoms with Crippen molar-refractivity contribution in [3.05, 3.63) is 65.2 Å². The molecular weight excluding hydrogens is 250 g/mol. The molecule has 1 unspecified atom stereocenters. The minimum absolute atomic E-state index is 0.0443. The van der Waals surface area contributed by atoms with Crippen LogP contribution in [0.15, 0.2) is 53.4 Å². The minimum atomic E-state index is -0.0443. The Morgan fingerprint density at radius 1 is 0.789 bits per heavy atom. The molecule has 19 heavy (non-hydrogen) atoms. The summed E-state index contributed by atoms with van der Waals surface area (Å²) >= 11 is 1.75. The first-order chi connectivity index (χ1) is 9.11. The number of rotatable bonds is 4. The third kappa shape index (κ3) is 3.40. The zero-order valence-electron chi connectivity index (χ0n) is 11.8. The van der Waals surface area contributed by atoms with Crippen molar-refractivity contribution in [2.75, 3.05) is 6.26 Å². The first kappa shape index (κ1) is 14.2. The van der Waals surface area contributed by atoms with Crippen LogP contribution in [0.1, 0.15) is 42.5 Å². The Kier molecular flexibility index (Phi) is 4.67. The Labute approximate surface area is 120 Å². The fraction of sp³-hybridized carbons (Fsp3) is 0.294. The molecule has 1 nitrogen and oxygen atoms in total. The van der Waals surface area contributed by atoms with Crippen LogP contribution in [0.3, 0.4) is 0 Å². The standard InChI is InChI=1S/C17H21NS/c1-12(2)13-4-6-14(7-5-13)17(18)15-8-10-16(19-3)11-9-15/h4-12,17H,18H2,1-3H3. The van der Waals surface area contributed by atoms with Crippen LogP contribution in [-0.2, 0) is 0 Å². The second-order valence-electron chi connectivity index (χ2n) is 5.07. The van der Waals surface area contributed by atoms with Gasteiger partial charge in [-0.1, -0.05) is 50.2 Å². The maximum Gasteiger partial charge on any atom is 0.0551 e. The van der Waals surface area contributed by atoms with E-state index >= 15 is 0 Å². The molecule has 0 saturated carbocycles. The normalized spacial score (nSPS) is 12.7. The quantitative estimate of drug-likeness (QED) is 0.824. The number of hydrogen-bond acceptors (Lipinski definition) is 2. The molecule has 0 fully saturated rings. The number of thioether (sulfide) groups is 1. The average Bonchev–Trinajstić information content (AvgIpc) is 2.46. The summed E-state index contributed by atoms with van der Waals surface area (Å²) in [6.07, 6.45) is 2.08. The zero-order valence-corrected chi connectivity index (χ0v) is 12.6. The molecule has 2 rings (SSSR count). The van der Waals surface area contributed by atoms with Crippen LogP contribution in [0.2, 0.25) is 0 Å². The molecule has 0 radical (unpaired) electrons. The Bertz CT molecular complexity index is 514. The molecular formula is C17H21NS. The van der Waals surface area contributed by atoms with Gasteiger partial charge in [-0.15, -0.1) is 11.8 Å². The van der Waals surface area contributed by atoms with E-state index in [1.165, 1.54) is 16.0 Å². The summed E-state index contributed by atoms with van der Waals surface area (Å²) in [5.74, 6) is 0.561. The highest BCUT2D eigenvalue weighted by atomic mass is 32.2. The molecule has 2 aromatic rings. The van der Waals surface area contributed by atoms with Gasteiger partial charge in [-0.2, -0.15) is 0 Å². The third-order valence-corrected chi connectivity index (χ3v) is 4.18. The highest BCUT2D eigenvalue weighted by Gasteiger charge is 2.09. The van der Waals surface area contributed by atoms with Crippen molar-refractivity contribution in [1.82, 2.24) is 0 Å². The van der Waals surface area contributed by atoms with Gasteiger partial charge in [-0.25, -0.2) is 0 Å². The molecule has 0 aliphatic rings. The Hall–Kier alpha value is -1.25. The SMILES string of the molecule is CSc1ccc(C(N)c2ccc(C(C)C)cc2)cc1. The predicted molar refractivity (Wildman–Crippen MR) is 84.8 cm³/mol. The van der Waals surface area contributed by atoms with E-state index in [1.807, 2.05) is 0 Å². The molecule has 1 atom stereocenters. The van der Waals surface area contributed by atoms with Crippen LogP contribution in [0.4, 0.5) is 0 Å². The maximum absolute atomic E-state index is 6.33. The van der Waals surface area contributed by atoms with Crippen molar-refractivity contribution < 1.29 is 0 Å². The lowest BCUT2D eigenvalue weighted by atomic mass is 9.96. The molecule has 0 aliphatic carbocycles. The van der Waals surface area contributed by atoms with Gasteiger partial charge >= 0.3 is 0 Å². The third-order valence-electron chi connectivity index (χ3n) is 3.44. The molecule has 0 amide bonds. The van der Waals surface area contributed by atoms with Crippen molar-refractivity contribution in [3.63, 3.8) is 0 Å². The van der Waals surface area contributed by atoms with Crippen LogP contribution in [0.25, 0.3) is 0 Å². The van der Waals surface area contributed by atoms with E-state index in [-0.39, 0.29) is 6.04 Å². The van der Waals surface area contributed by atoms with E-state index in [0.717, 1.165) is 5.56 Å². The van der Waals surface area contributed by atoms with Gasteiger partial charge in [0.25, 0.3) is 0 Å². The number of benzene rings is 2. The topological polar surface area (TPSA) is 26.0 Å². The van der Waals surface area contributed by atoms with Crippen molar-refractivity contribution in [3.8, 4) is 0 Å². The van der Waals surface area contributed by atoms with Gasteiger partial charge in [0, 0.05) is 4.90 Å². The van der Waals surface area contributed by atoms with Crippen molar-refractivity contribution in [2.24, 2.45) is 5.73 Å². The molecule has 2 heteroatoms. The van der Waals surface area contributed by atoms with E-state index in [2.05, 4.69) is 68.6 Å². The summed E-state index contributed by atoms with van der Waals surface area (Å²) in [6.45, 7) is 4.41. The second kappa shape index (κ2) is 6.27. The van der Waals surface area contributed by atoms with E-state index in [9.17, 15) is 0 Å². The molecule has 0 aliphatic heterocycles. The molecule has 0 saturated heterocycles. The first-order valence-corrected chi connectivity index (χ1v) is 7.83. The van der Waals surface area contributed by atoms with Crippen LogP contribution < -0.4 is 5.73 Å². The average molecular weight is 271 g/mol. The Morgan fingerprint density at radius 2 is 1.21 bits per heavy atom. The fourth-order valence-electron chi connectivity index (χ4n) is 2.09. The number of nitrogens with two attached hydrogens (primary N) is 1. The van der Waals surface area contributed by atoms with Gasteiger partial charge in [-0.3, -0.25) is 0 Å². The van der Waals surface area contributed by atoms with Crippen LogP contribution in [0, 0.1) is 0 Å². The van der Waals surface area contributed by atoms with Gasteiger partial charge < -0.3 is 5.73 Å². The monoisotopic (exact) mass is 271 g/mol. The fourth-order valence-corrected chi connectivity index (χ4v) is 2.50. The molecule has 0 bridgehead atoms. The zero-order chi connectivity index (χ0) is 13.8. The van der Waals surface area contributed by atoms with Gasteiger partial charge in [0.15, 0.2) is 0 Å². The lowest BCUT2D eigenvalue weighted by Gasteiger charge is -2.14. The molecule has 0 aromatic heterocycles. The van der Waals surface area contributed by atoms with Crippen LogP contribution in [-0.4, -0.2) is 6.26 Å². The predicted octanol–water partition coefficient (Wildman–Crippen LogP) is 4.58. The van der Waals surface area contributed by atoms with Crippen LogP contribution >= 0.6 is 11.8 Å². The molecule has 100 valence electrons. The van der Waals surface area contributed by atoms with E-state index in [0.29, 0.717) is 5.92 Å². The second-order valence-corrected chi connectivity index (χ2v) is 5.95. The van der Waals surface area contributed by atoms with E-state index in [4.69, 9.17) is 5.73 Å². The summed E-state index contributed by atoms with van der Waals surface area (Å²) in [7, 11) is 0. The highest BCUT2D eigenvalue weighted by molar-refractivity contribution is 7.98. The summed E-state index contributed by atoms with van der Waals surface area (Å²) in [6, 6.07) is 17.1. The highest BCUT2D eigenvalue weighted by Crippen LogP contribution is 2.24. The lowest BCUT2D eigenvalue weighted by Crippen LogP contribution is -2.11. The maximum atomic E-state index is 6.33. The Morgan fingerprint density at radius 3 is 1.63 bits per heavy atom. The van der Waals surface area contributed by atoms with Gasteiger partial charge in [0.05, 0.1) is 6.04 Å². The summed E-state index contributed by atoms with van der Waals surface area (Å²) < 4.78 is 0. The summed E-state index contributed by atoms with van der Waals surface area (Å²) in [5, 5.41) is 0. The molecule has 0 spiro atoms. The summed E-state index contributed by atoms with van der Waals surface area (Å²) in [4.78, 5) is 1.27. The van der Waals surface area contributed by atoms with Crippen LogP contribution in [0.5, 0.6) is 0 Å². The first-order valence-electron chi connectivity index (χ1n) is 6.61. The summed E-state index contributed by atoms with van der Waals surface area (Å²) in [5.41, 5.74) is 10.0. The van der Waals surface area contributed by atoms with Crippen molar-refractivity contribution in [2.45, 2.75) is 30.7 Å². The van der Waals surface area contributed by atoms with Gasteiger partial charge in [0.1, 0.15) is 0 Å². The van der Waals surface area contributed by atoms with Gasteiger partial charge in [-0.05, 0) is 41.0 Å². The molecule has 2 N–H and O–H groups in total. The largest absolute Gasteiger partial charge is 0.320 e. The van der Waals surface area contributed by atoms with Gasteiger partial charge in [0.2, 0.25) is 0 Å². The number of hydrogen-bond donors (Lipinski definition) is 1. The Balaban J connectivity index is 2.20. The van der Waals surface area contributed by atoms with Crippen molar-refractivity contribution >= 4 is 11.8 Å². The molecule has 0 heterocycles. The lowest BCUT2D eigenvalue weighted by molar-refractivity contribution is 0.847.